The van der Waals surface area contributed by atoms with Gasteiger partial charge in [-0.3, -0.25) is 0 Å². The summed E-state index contributed by atoms with van der Waals surface area (Å²) in [7, 11) is 1.74. The van der Waals surface area contributed by atoms with Crippen molar-refractivity contribution < 1.29 is 4.74 Å². The number of hydrogen-bond donors (Lipinski definition) is 0. The van der Waals surface area contributed by atoms with Gasteiger partial charge in [0.15, 0.2) is 0 Å². The average Bonchev–Trinajstić information content (AvgIpc) is 2.45. The molecule has 0 saturated carbocycles. The molecule has 0 radical (unpaired) electrons. The van der Waals surface area contributed by atoms with Crippen molar-refractivity contribution in [1.29, 1.82) is 0 Å². The molecule has 0 amide bonds. The van der Waals surface area contributed by atoms with Crippen molar-refractivity contribution in [2.75, 3.05) is 7.11 Å². The van der Waals surface area contributed by atoms with E-state index in [-0.39, 0.29) is 0 Å². The zero-order valence-corrected chi connectivity index (χ0v) is 12.0. The first-order valence-corrected chi connectivity index (χ1v) is 6.89. The lowest BCUT2D eigenvalue weighted by Crippen LogP contribution is -2.10. The molecule has 0 aliphatic carbocycles. The van der Waals surface area contributed by atoms with Crippen molar-refractivity contribution in [3.05, 3.63) is 65.7 Å². The first-order chi connectivity index (χ1) is 9.22. The van der Waals surface area contributed by atoms with Crippen molar-refractivity contribution in [2.45, 2.75) is 26.2 Å². The Kier molecular flexibility index (Phi) is 4.62. The van der Waals surface area contributed by atoms with Crippen molar-refractivity contribution in [1.82, 2.24) is 0 Å². The highest BCUT2D eigenvalue weighted by Crippen LogP contribution is 2.31. The lowest BCUT2D eigenvalue weighted by atomic mass is 9.83. The lowest BCUT2D eigenvalue weighted by molar-refractivity contribution is 0.403. The average molecular weight is 254 g/mol. The minimum atomic E-state index is 0.525. The Morgan fingerprint density at radius 2 is 1.53 bits per heavy atom. The van der Waals surface area contributed by atoms with Gasteiger partial charge in [-0.2, -0.15) is 0 Å². The molecule has 1 heteroatoms. The van der Waals surface area contributed by atoms with Gasteiger partial charge in [-0.25, -0.2) is 0 Å². The highest BCUT2D eigenvalue weighted by Gasteiger charge is 2.17. The molecule has 0 saturated heterocycles. The number of para-hydroxylation sites is 1. The molecule has 0 aliphatic rings. The summed E-state index contributed by atoms with van der Waals surface area (Å²) in [5.74, 6) is 2.12. The highest BCUT2D eigenvalue weighted by molar-refractivity contribution is 5.35. The van der Waals surface area contributed by atoms with E-state index in [9.17, 15) is 0 Å². The summed E-state index contributed by atoms with van der Waals surface area (Å²) in [6.45, 7) is 4.57. The number of hydrogen-bond acceptors (Lipinski definition) is 1. The first kappa shape index (κ1) is 13.7. The van der Waals surface area contributed by atoms with Crippen LogP contribution in [0.4, 0.5) is 0 Å². The molecular weight excluding hydrogens is 232 g/mol. The fraction of sp³-hybridized carbons (Fsp3) is 0.333. The first-order valence-electron chi connectivity index (χ1n) is 6.89. The van der Waals surface area contributed by atoms with Crippen LogP contribution in [-0.4, -0.2) is 7.11 Å². The Balaban J connectivity index is 2.27. The summed E-state index contributed by atoms with van der Waals surface area (Å²) in [5, 5.41) is 0. The van der Waals surface area contributed by atoms with E-state index in [0.717, 1.165) is 12.2 Å². The Labute approximate surface area is 116 Å². The van der Waals surface area contributed by atoms with Crippen molar-refractivity contribution >= 4 is 0 Å². The molecule has 0 aliphatic heterocycles. The topological polar surface area (TPSA) is 9.23 Å². The number of methoxy groups -OCH3 is 1. The van der Waals surface area contributed by atoms with Gasteiger partial charge in [0.1, 0.15) is 5.75 Å². The normalized spacial score (nSPS) is 12.4. The van der Waals surface area contributed by atoms with Crippen LogP contribution in [0.5, 0.6) is 5.75 Å². The van der Waals surface area contributed by atoms with E-state index < -0.39 is 0 Å². The maximum absolute atomic E-state index is 5.46. The third-order valence-corrected chi connectivity index (χ3v) is 3.66. The second kappa shape index (κ2) is 6.42. The summed E-state index contributed by atoms with van der Waals surface area (Å²) in [5.41, 5.74) is 2.69. The second-order valence-corrected chi connectivity index (χ2v) is 5.28. The van der Waals surface area contributed by atoms with Crippen LogP contribution in [-0.2, 0) is 6.42 Å². The van der Waals surface area contributed by atoms with E-state index >= 15 is 0 Å². The molecule has 2 aromatic carbocycles. The van der Waals surface area contributed by atoms with Crippen LogP contribution in [0.15, 0.2) is 54.6 Å². The van der Waals surface area contributed by atoms with Gasteiger partial charge >= 0.3 is 0 Å². The van der Waals surface area contributed by atoms with Gasteiger partial charge in [0, 0.05) is 0 Å². The Morgan fingerprint density at radius 1 is 0.895 bits per heavy atom. The van der Waals surface area contributed by atoms with Gasteiger partial charge in [-0.15, -0.1) is 0 Å². The maximum atomic E-state index is 5.46. The van der Waals surface area contributed by atoms with Crippen LogP contribution >= 0.6 is 0 Å². The molecule has 0 aromatic heterocycles. The summed E-state index contributed by atoms with van der Waals surface area (Å²) in [6, 6.07) is 19.1. The van der Waals surface area contributed by atoms with Gasteiger partial charge in [0.05, 0.1) is 7.11 Å². The van der Waals surface area contributed by atoms with E-state index in [1.807, 2.05) is 12.1 Å². The molecular formula is C18H22O. The monoisotopic (exact) mass is 254 g/mol. The maximum Gasteiger partial charge on any atom is 0.122 e. The van der Waals surface area contributed by atoms with E-state index in [4.69, 9.17) is 4.74 Å². The Hall–Kier alpha value is -1.76. The minimum Gasteiger partial charge on any atom is -0.496 e. The molecule has 19 heavy (non-hydrogen) atoms. The second-order valence-electron chi connectivity index (χ2n) is 5.28. The molecule has 0 bridgehead atoms. The summed E-state index contributed by atoms with van der Waals surface area (Å²) in [6.07, 6.45) is 1.02. The van der Waals surface area contributed by atoms with E-state index in [0.29, 0.717) is 11.8 Å². The van der Waals surface area contributed by atoms with Crippen molar-refractivity contribution in [3.63, 3.8) is 0 Å². The lowest BCUT2D eigenvalue weighted by Gasteiger charge is -2.22. The SMILES string of the molecule is COc1ccccc1CC(c1ccccc1)C(C)C. The van der Waals surface area contributed by atoms with Crippen LogP contribution in [0.3, 0.4) is 0 Å². The van der Waals surface area contributed by atoms with E-state index in [2.05, 4.69) is 56.3 Å². The molecule has 2 rings (SSSR count). The molecule has 0 N–H and O–H groups in total. The third-order valence-electron chi connectivity index (χ3n) is 3.66. The Bertz CT molecular complexity index is 502. The fourth-order valence-corrected chi connectivity index (χ4v) is 2.55. The molecule has 1 atom stereocenters. The molecule has 1 nitrogen and oxygen atoms in total. The van der Waals surface area contributed by atoms with Crippen molar-refractivity contribution in [2.24, 2.45) is 5.92 Å². The largest absolute Gasteiger partial charge is 0.496 e. The molecule has 0 heterocycles. The molecule has 0 spiro atoms. The van der Waals surface area contributed by atoms with Gasteiger partial charge in [-0.1, -0.05) is 62.4 Å². The molecule has 0 fully saturated rings. The van der Waals surface area contributed by atoms with Crippen LogP contribution in [0.1, 0.15) is 30.9 Å². The van der Waals surface area contributed by atoms with E-state index in [1.165, 1.54) is 11.1 Å². The standard InChI is InChI=1S/C18H22O/c1-14(2)17(15-9-5-4-6-10-15)13-16-11-7-8-12-18(16)19-3/h4-12,14,17H,13H2,1-3H3. The molecule has 1 unspecified atom stereocenters. The van der Waals surface area contributed by atoms with Crippen LogP contribution in [0, 0.1) is 5.92 Å². The van der Waals surface area contributed by atoms with Gasteiger partial charge in [0.2, 0.25) is 0 Å². The van der Waals surface area contributed by atoms with Crippen LogP contribution in [0.2, 0.25) is 0 Å². The molecule has 100 valence electrons. The predicted octanol–water partition coefficient (Wildman–Crippen LogP) is 4.68. The fourth-order valence-electron chi connectivity index (χ4n) is 2.55. The van der Waals surface area contributed by atoms with Gasteiger partial charge < -0.3 is 4.74 Å². The Morgan fingerprint density at radius 3 is 2.16 bits per heavy atom. The predicted molar refractivity (Wildman–Crippen MR) is 80.7 cm³/mol. The van der Waals surface area contributed by atoms with E-state index in [1.54, 1.807) is 7.11 Å². The summed E-state index contributed by atoms with van der Waals surface area (Å²) >= 11 is 0. The van der Waals surface area contributed by atoms with Gasteiger partial charge in [-0.05, 0) is 35.4 Å². The van der Waals surface area contributed by atoms with Crippen LogP contribution < -0.4 is 4.74 Å². The number of benzene rings is 2. The van der Waals surface area contributed by atoms with Crippen molar-refractivity contribution in [3.8, 4) is 5.75 Å². The minimum absolute atomic E-state index is 0.525. The highest BCUT2D eigenvalue weighted by atomic mass is 16.5. The molecule has 2 aromatic rings. The number of ether oxygens (including phenoxy) is 1. The summed E-state index contributed by atoms with van der Waals surface area (Å²) in [4.78, 5) is 0. The number of rotatable bonds is 5. The zero-order valence-electron chi connectivity index (χ0n) is 12.0. The summed E-state index contributed by atoms with van der Waals surface area (Å²) < 4.78 is 5.46. The van der Waals surface area contributed by atoms with Crippen LogP contribution in [0.25, 0.3) is 0 Å². The quantitative estimate of drug-likeness (QED) is 0.753. The zero-order chi connectivity index (χ0) is 13.7. The third kappa shape index (κ3) is 3.37. The smallest absolute Gasteiger partial charge is 0.122 e. The van der Waals surface area contributed by atoms with Gasteiger partial charge in [0.25, 0.3) is 0 Å².